The third-order valence-electron chi connectivity index (χ3n) is 4.63. The highest BCUT2D eigenvalue weighted by molar-refractivity contribution is 5.73. The third-order valence-corrected chi connectivity index (χ3v) is 4.63. The minimum atomic E-state index is 0.211. The first-order chi connectivity index (χ1) is 9.61. The topological polar surface area (TPSA) is 36.0 Å². The Bertz CT molecular complexity index is 316. The van der Waals surface area contributed by atoms with Gasteiger partial charge in [0.25, 0.3) is 0 Å². The van der Waals surface area contributed by atoms with Crippen LogP contribution in [-0.4, -0.2) is 85.7 Å². The first-order valence-electron chi connectivity index (χ1n) is 7.91. The zero-order valence-electron chi connectivity index (χ0n) is 13.2. The lowest BCUT2D eigenvalue weighted by molar-refractivity contribution is -0.130. The number of piperazine rings is 1. The molecule has 2 rings (SSSR count). The molecule has 2 atom stereocenters. The molecule has 116 valence electrons. The highest BCUT2D eigenvalue weighted by Gasteiger charge is 2.35. The van der Waals surface area contributed by atoms with Crippen LogP contribution in [0.5, 0.6) is 0 Å². The Labute approximate surface area is 122 Å². The number of carbonyl (C=O) groups is 1. The van der Waals surface area contributed by atoms with Crippen molar-refractivity contribution in [3.8, 4) is 0 Å². The van der Waals surface area contributed by atoms with E-state index in [4.69, 9.17) is 4.74 Å². The molecule has 0 aromatic rings. The summed E-state index contributed by atoms with van der Waals surface area (Å²) in [6.45, 7) is 14.9. The van der Waals surface area contributed by atoms with Gasteiger partial charge in [-0.2, -0.15) is 0 Å². The first-order valence-corrected chi connectivity index (χ1v) is 7.91. The number of hydrogen-bond donors (Lipinski definition) is 0. The summed E-state index contributed by atoms with van der Waals surface area (Å²) < 4.78 is 5.45. The van der Waals surface area contributed by atoms with Gasteiger partial charge in [-0.3, -0.25) is 14.6 Å². The van der Waals surface area contributed by atoms with Crippen molar-refractivity contribution in [2.45, 2.75) is 26.8 Å². The number of carbonyl (C=O) groups excluding carboxylic acids is 1. The van der Waals surface area contributed by atoms with Crippen LogP contribution in [0.2, 0.25) is 0 Å². The number of hydrogen-bond acceptors (Lipinski definition) is 4. The van der Waals surface area contributed by atoms with Crippen LogP contribution >= 0.6 is 0 Å². The molecule has 0 aliphatic carbocycles. The molecule has 2 aliphatic heterocycles. The number of nitrogens with zero attached hydrogens (tertiary/aromatic N) is 3. The highest BCUT2D eigenvalue weighted by atomic mass is 16.5. The van der Waals surface area contributed by atoms with Gasteiger partial charge < -0.3 is 9.64 Å². The van der Waals surface area contributed by atoms with Crippen molar-refractivity contribution in [3.63, 3.8) is 0 Å². The van der Waals surface area contributed by atoms with Crippen molar-refractivity contribution in [1.82, 2.24) is 14.7 Å². The van der Waals surface area contributed by atoms with Crippen LogP contribution in [0.15, 0.2) is 0 Å². The predicted molar refractivity (Wildman–Crippen MR) is 79.7 cm³/mol. The maximum absolute atomic E-state index is 11.4. The van der Waals surface area contributed by atoms with Gasteiger partial charge in [-0.05, 0) is 12.8 Å². The molecular weight excluding hydrogens is 254 g/mol. The van der Waals surface area contributed by atoms with Gasteiger partial charge in [-0.15, -0.1) is 0 Å². The largest absolute Gasteiger partial charge is 0.380 e. The van der Waals surface area contributed by atoms with Gasteiger partial charge in [-0.25, -0.2) is 0 Å². The molecule has 0 unspecified atom stereocenters. The van der Waals surface area contributed by atoms with E-state index in [1.54, 1.807) is 6.92 Å². The molecule has 20 heavy (non-hydrogen) atoms. The third kappa shape index (κ3) is 3.93. The predicted octanol–water partition coefficient (Wildman–Crippen LogP) is 0.507. The summed E-state index contributed by atoms with van der Waals surface area (Å²) in [7, 11) is 0. The fraction of sp³-hybridized carbons (Fsp3) is 0.933. The van der Waals surface area contributed by atoms with E-state index in [9.17, 15) is 4.79 Å². The minimum Gasteiger partial charge on any atom is -0.380 e. The van der Waals surface area contributed by atoms with E-state index in [-0.39, 0.29) is 5.91 Å². The van der Waals surface area contributed by atoms with Crippen LogP contribution in [0.1, 0.15) is 20.8 Å². The first kappa shape index (κ1) is 15.7. The summed E-state index contributed by atoms with van der Waals surface area (Å²) in [5.41, 5.74) is 0. The Morgan fingerprint density at radius 1 is 1.20 bits per heavy atom. The van der Waals surface area contributed by atoms with Crippen molar-refractivity contribution in [2.24, 2.45) is 5.92 Å². The zero-order chi connectivity index (χ0) is 14.5. The maximum atomic E-state index is 11.4. The molecular formula is C15H29N3O2. The van der Waals surface area contributed by atoms with Crippen LogP contribution in [-0.2, 0) is 9.53 Å². The Hall–Kier alpha value is -0.650. The molecule has 5 nitrogen and oxygen atoms in total. The molecule has 0 aromatic heterocycles. The molecule has 0 saturated carbocycles. The van der Waals surface area contributed by atoms with Gasteiger partial charge in [0.15, 0.2) is 0 Å². The van der Waals surface area contributed by atoms with Crippen molar-refractivity contribution in [3.05, 3.63) is 0 Å². The molecule has 5 heteroatoms. The quantitative estimate of drug-likeness (QED) is 0.689. The number of amides is 1. The lowest BCUT2D eigenvalue weighted by atomic mass is 10.0. The van der Waals surface area contributed by atoms with E-state index in [1.807, 2.05) is 11.8 Å². The van der Waals surface area contributed by atoms with Crippen LogP contribution in [0.3, 0.4) is 0 Å². The van der Waals surface area contributed by atoms with E-state index in [2.05, 4.69) is 16.7 Å². The molecule has 1 amide bonds. The molecule has 0 bridgehead atoms. The summed E-state index contributed by atoms with van der Waals surface area (Å²) in [6, 6.07) is 0.644. The molecule has 0 aromatic carbocycles. The van der Waals surface area contributed by atoms with Crippen molar-refractivity contribution < 1.29 is 9.53 Å². The van der Waals surface area contributed by atoms with Crippen LogP contribution in [0, 0.1) is 5.92 Å². The van der Waals surface area contributed by atoms with E-state index in [0.29, 0.717) is 12.0 Å². The summed E-state index contributed by atoms with van der Waals surface area (Å²) in [5.74, 6) is 0.919. The van der Waals surface area contributed by atoms with Gasteiger partial charge in [0.05, 0.1) is 6.61 Å². The van der Waals surface area contributed by atoms with Gasteiger partial charge in [0.2, 0.25) is 5.91 Å². The summed E-state index contributed by atoms with van der Waals surface area (Å²) in [6.07, 6.45) is 0. The normalized spacial score (nSPS) is 29.1. The van der Waals surface area contributed by atoms with Gasteiger partial charge in [0.1, 0.15) is 0 Å². The molecule has 0 N–H and O–H groups in total. The van der Waals surface area contributed by atoms with Crippen LogP contribution in [0.25, 0.3) is 0 Å². The monoisotopic (exact) mass is 283 g/mol. The van der Waals surface area contributed by atoms with Crippen LogP contribution in [0.4, 0.5) is 0 Å². The average molecular weight is 283 g/mol. The van der Waals surface area contributed by atoms with Gasteiger partial charge in [-0.1, -0.05) is 6.92 Å². The van der Waals surface area contributed by atoms with Crippen molar-refractivity contribution in [2.75, 3.05) is 59.0 Å². The SMILES string of the molecule is CCOCCN1C[C@@H](N2CCN(C(C)=O)CC2)[C@@H](C)C1. The number of rotatable bonds is 5. The summed E-state index contributed by atoms with van der Waals surface area (Å²) in [4.78, 5) is 18.4. The molecule has 2 heterocycles. The van der Waals surface area contributed by atoms with E-state index in [0.717, 1.165) is 52.5 Å². The van der Waals surface area contributed by atoms with Crippen molar-refractivity contribution in [1.29, 1.82) is 0 Å². The Morgan fingerprint density at radius 2 is 1.90 bits per heavy atom. The second-order valence-corrected chi connectivity index (χ2v) is 6.04. The molecule has 0 spiro atoms. The fourth-order valence-electron chi connectivity index (χ4n) is 3.41. The van der Waals surface area contributed by atoms with Crippen molar-refractivity contribution >= 4 is 5.91 Å². The summed E-state index contributed by atoms with van der Waals surface area (Å²) in [5, 5.41) is 0. The fourth-order valence-corrected chi connectivity index (χ4v) is 3.41. The smallest absolute Gasteiger partial charge is 0.219 e. The lowest BCUT2D eigenvalue weighted by Gasteiger charge is -2.39. The minimum absolute atomic E-state index is 0.211. The molecule has 0 radical (unpaired) electrons. The van der Waals surface area contributed by atoms with E-state index < -0.39 is 0 Å². The molecule has 2 fully saturated rings. The standard InChI is InChI=1S/C15H29N3O2/c1-4-20-10-9-16-11-13(2)15(12-16)18-7-5-17(6-8-18)14(3)19/h13,15H,4-12H2,1-3H3/t13-,15+/m0/s1. The van der Waals surface area contributed by atoms with Crippen LogP contribution < -0.4 is 0 Å². The lowest BCUT2D eigenvalue weighted by Crippen LogP contribution is -2.53. The number of ether oxygens (including phenoxy) is 1. The Kier molecular flexibility index (Phi) is 5.81. The summed E-state index contributed by atoms with van der Waals surface area (Å²) >= 11 is 0. The Morgan fingerprint density at radius 3 is 2.50 bits per heavy atom. The van der Waals surface area contributed by atoms with Gasteiger partial charge >= 0.3 is 0 Å². The highest BCUT2D eigenvalue weighted by Crippen LogP contribution is 2.22. The maximum Gasteiger partial charge on any atom is 0.219 e. The average Bonchev–Trinajstić information content (AvgIpc) is 2.80. The second kappa shape index (κ2) is 7.38. The van der Waals surface area contributed by atoms with E-state index >= 15 is 0 Å². The zero-order valence-corrected chi connectivity index (χ0v) is 13.2. The second-order valence-electron chi connectivity index (χ2n) is 6.04. The number of likely N-dealkylation sites (tertiary alicyclic amines) is 1. The Balaban J connectivity index is 1.77. The molecule has 2 aliphatic rings. The van der Waals surface area contributed by atoms with E-state index in [1.165, 1.54) is 6.54 Å². The van der Waals surface area contributed by atoms with Gasteiger partial charge in [0, 0.05) is 65.4 Å². The molecule has 2 saturated heterocycles.